The van der Waals surface area contributed by atoms with Crippen molar-refractivity contribution in [3.8, 4) is 5.69 Å². The zero-order chi connectivity index (χ0) is 18.1. The Morgan fingerprint density at radius 1 is 1.08 bits per heavy atom. The largest absolute Gasteiger partial charge is 0.344 e. The highest BCUT2D eigenvalue weighted by Gasteiger charge is 2.27. The van der Waals surface area contributed by atoms with Crippen molar-refractivity contribution in [1.29, 1.82) is 0 Å². The van der Waals surface area contributed by atoms with E-state index >= 15 is 0 Å². The molecule has 1 aromatic heterocycles. The molecular formula is C22H23N3O. The van der Waals surface area contributed by atoms with Crippen LogP contribution < -0.4 is 5.32 Å². The second kappa shape index (κ2) is 6.79. The van der Waals surface area contributed by atoms with Crippen LogP contribution in [0.2, 0.25) is 0 Å². The second-order valence-electron chi connectivity index (χ2n) is 6.93. The summed E-state index contributed by atoms with van der Waals surface area (Å²) in [6.07, 6.45) is 2.97. The molecule has 1 aliphatic carbocycles. The maximum Gasteiger partial charge on any atom is 0.272 e. The number of aromatic nitrogens is 2. The number of carbonyl (C=O) groups is 1. The van der Waals surface area contributed by atoms with Crippen LogP contribution >= 0.6 is 0 Å². The average Bonchev–Trinajstić information content (AvgIpc) is 3.25. The van der Waals surface area contributed by atoms with E-state index < -0.39 is 0 Å². The molecule has 0 bridgehead atoms. The van der Waals surface area contributed by atoms with Crippen LogP contribution in [-0.2, 0) is 12.8 Å². The predicted octanol–water partition coefficient (Wildman–Crippen LogP) is 4.16. The molecule has 1 aliphatic rings. The van der Waals surface area contributed by atoms with Gasteiger partial charge >= 0.3 is 0 Å². The molecule has 0 spiro atoms. The molecule has 0 fully saturated rings. The van der Waals surface area contributed by atoms with E-state index in [2.05, 4.69) is 29.5 Å². The molecule has 1 N–H and O–H groups in total. The Morgan fingerprint density at radius 2 is 1.81 bits per heavy atom. The zero-order valence-electron chi connectivity index (χ0n) is 15.2. The smallest absolute Gasteiger partial charge is 0.272 e. The molecule has 1 atom stereocenters. The minimum atomic E-state index is -0.0893. The van der Waals surface area contributed by atoms with Crippen molar-refractivity contribution in [3.05, 3.63) is 82.7 Å². The van der Waals surface area contributed by atoms with Crippen molar-refractivity contribution in [2.24, 2.45) is 0 Å². The van der Waals surface area contributed by atoms with Gasteiger partial charge in [0, 0.05) is 11.3 Å². The van der Waals surface area contributed by atoms with E-state index in [9.17, 15) is 4.79 Å². The molecule has 1 amide bonds. The van der Waals surface area contributed by atoms with Gasteiger partial charge in [-0.1, -0.05) is 42.5 Å². The number of aryl methyl sites for hydroxylation is 1. The monoisotopic (exact) mass is 345 g/mol. The van der Waals surface area contributed by atoms with E-state index in [0.717, 1.165) is 36.1 Å². The molecule has 2 aromatic carbocycles. The Balaban J connectivity index is 1.64. The fourth-order valence-electron chi connectivity index (χ4n) is 3.82. The van der Waals surface area contributed by atoms with Crippen molar-refractivity contribution in [3.63, 3.8) is 0 Å². The van der Waals surface area contributed by atoms with Crippen molar-refractivity contribution in [2.45, 2.75) is 39.2 Å². The number of carbonyl (C=O) groups excluding carboxylic acids is 1. The van der Waals surface area contributed by atoms with E-state index in [1.165, 1.54) is 11.3 Å². The van der Waals surface area contributed by atoms with E-state index in [1.54, 1.807) is 0 Å². The Bertz CT molecular complexity index is 943. The molecular weight excluding hydrogens is 322 g/mol. The van der Waals surface area contributed by atoms with Crippen LogP contribution in [0.4, 0.5) is 0 Å². The lowest BCUT2D eigenvalue weighted by Gasteiger charge is -2.16. The van der Waals surface area contributed by atoms with Crippen LogP contribution in [0.15, 0.2) is 54.6 Å². The summed E-state index contributed by atoms with van der Waals surface area (Å²) in [4.78, 5) is 13.0. The summed E-state index contributed by atoms with van der Waals surface area (Å²) in [6, 6.07) is 18.2. The molecule has 3 aromatic rings. The highest BCUT2D eigenvalue weighted by Crippen LogP contribution is 2.28. The van der Waals surface area contributed by atoms with E-state index in [1.807, 2.05) is 54.1 Å². The number of hydrogen-bond acceptors (Lipinski definition) is 2. The molecule has 1 heterocycles. The fraction of sp³-hybridized carbons (Fsp3) is 0.273. The van der Waals surface area contributed by atoms with Gasteiger partial charge in [-0.2, -0.15) is 5.10 Å². The molecule has 0 aliphatic heterocycles. The SMILES string of the molecule is Cc1ccccc1[C@@H](C)NC(=O)c1nn(-c2ccccc2)c2c1CCC2. The normalized spacial score (nSPS) is 14.1. The standard InChI is InChI=1S/C22H23N3O/c1-15-9-6-7-12-18(15)16(2)23-22(26)21-19-13-8-14-20(19)25(24-21)17-10-4-3-5-11-17/h3-7,9-12,16H,8,13-14H2,1-2H3,(H,23,26)/t16-/m1/s1. The fourth-order valence-corrected chi connectivity index (χ4v) is 3.82. The van der Waals surface area contributed by atoms with E-state index in [0.29, 0.717) is 5.69 Å². The summed E-state index contributed by atoms with van der Waals surface area (Å²) in [5.74, 6) is -0.0893. The molecule has 26 heavy (non-hydrogen) atoms. The first kappa shape index (κ1) is 16.6. The second-order valence-corrected chi connectivity index (χ2v) is 6.93. The van der Waals surface area contributed by atoms with Crippen LogP contribution in [0.25, 0.3) is 5.69 Å². The van der Waals surface area contributed by atoms with Crippen molar-refractivity contribution >= 4 is 5.91 Å². The molecule has 4 heteroatoms. The first-order valence-corrected chi connectivity index (χ1v) is 9.17. The number of nitrogens with one attached hydrogen (secondary N) is 1. The average molecular weight is 345 g/mol. The Kier molecular flexibility index (Phi) is 4.33. The summed E-state index contributed by atoms with van der Waals surface area (Å²) in [6.45, 7) is 4.09. The lowest BCUT2D eigenvalue weighted by molar-refractivity contribution is 0.0933. The lowest BCUT2D eigenvalue weighted by atomic mass is 10.0. The number of fused-ring (bicyclic) bond motifs is 1. The third-order valence-corrected chi connectivity index (χ3v) is 5.15. The minimum Gasteiger partial charge on any atom is -0.344 e. The lowest BCUT2D eigenvalue weighted by Crippen LogP contribution is -2.28. The van der Waals surface area contributed by atoms with Gasteiger partial charge < -0.3 is 5.32 Å². The third kappa shape index (κ3) is 2.92. The van der Waals surface area contributed by atoms with Crippen molar-refractivity contribution in [2.75, 3.05) is 0 Å². The quantitative estimate of drug-likeness (QED) is 0.772. The van der Waals surface area contributed by atoms with Gasteiger partial charge in [-0.25, -0.2) is 4.68 Å². The number of benzene rings is 2. The van der Waals surface area contributed by atoms with Gasteiger partial charge in [-0.05, 0) is 56.4 Å². The Labute approximate surface area is 153 Å². The van der Waals surface area contributed by atoms with Crippen LogP contribution in [0.5, 0.6) is 0 Å². The number of rotatable bonds is 4. The van der Waals surface area contributed by atoms with Gasteiger partial charge in [0.15, 0.2) is 5.69 Å². The number of amides is 1. The molecule has 4 nitrogen and oxygen atoms in total. The van der Waals surface area contributed by atoms with Crippen molar-refractivity contribution in [1.82, 2.24) is 15.1 Å². The molecule has 0 unspecified atom stereocenters. The van der Waals surface area contributed by atoms with Gasteiger partial charge in [0.25, 0.3) is 5.91 Å². The molecule has 4 rings (SSSR count). The predicted molar refractivity (Wildman–Crippen MR) is 103 cm³/mol. The van der Waals surface area contributed by atoms with Crippen LogP contribution in [0.3, 0.4) is 0 Å². The van der Waals surface area contributed by atoms with Gasteiger partial charge in [-0.3, -0.25) is 4.79 Å². The zero-order valence-corrected chi connectivity index (χ0v) is 15.2. The third-order valence-electron chi connectivity index (χ3n) is 5.15. The van der Waals surface area contributed by atoms with E-state index in [-0.39, 0.29) is 11.9 Å². The molecule has 0 radical (unpaired) electrons. The maximum absolute atomic E-state index is 13.0. The van der Waals surface area contributed by atoms with E-state index in [4.69, 9.17) is 0 Å². The minimum absolute atomic E-state index is 0.0531. The summed E-state index contributed by atoms with van der Waals surface area (Å²) >= 11 is 0. The van der Waals surface area contributed by atoms with Gasteiger partial charge in [0.2, 0.25) is 0 Å². The highest BCUT2D eigenvalue weighted by atomic mass is 16.2. The Morgan fingerprint density at radius 3 is 2.58 bits per heavy atom. The molecule has 0 saturated carbocycles. The van der Waals surface area contributed by atoms with Crippen molar-refractivity contribution < 1.29 is 4.79 Å². The summed E-state index contributed by atoms with van der Waals surface area (Å²) in [5, 5.41) is 7.81. The number of nitrogens with zero attached hydrogens (tertiary/aromatic N) is 2. The van der Waals surface area contributed by atoms with Crippen LogP contribution in [0, 0.1) is 6.92 Å². The summed E-state index contributed by atoms with van der Waals surface area (Å²) in [7, 11) is 0. The number of para-hydroxylation sites is 1. The van der Waals surface area contributed by atoms with Gasteiger partial charge in [0.05, 0.1) is 11.7 Å². The molecule has 0 saturated heterocycles. The molecule has 132 valence electrons. The van der Waals surface area contributed by atoms with Crippen LogP contribution in [0.1, 0.15) is 52.3 Å². The highest BCUT2D eigenvalue weighted by molar-refractivity contribution is 5.94. The summed E-state index contributed by atoms with van der Waals surface area (Å²) in [5.41, 5.74) is 6.17. The summed E-state index contributed by atoms with van der Waals surface area (Å²) < 4.78 is 1.94. The first-order chi connectivity index (χ1) is 12.6. The van der Waals surface area contributed by atoms with Gasteiger partial charge in [0.1, 0.15) is 0 Å². The topological polar surface area (TPSA) is 46.9 Å². The first-order valence-electron chi connectivity index (χ1n) is 9.17. The maximum atomic E-state index is 13.0. The Hall–Kier alpha value is -2.88. The number of hydrogen-bond donors (Lipinski definition) is 1. The van der Waals surface area contributed by atoms with Crippen LogP contribution in [-0.4, -0.2) is 15.7 Å². The van der Waals surface area contributed by atoms with Gasteiger partial charge in [-0.15, -0.1) is 0 Å².